The summed E-state index contributed by atoms with van der Waals surface area (Å²) in [7, 11) is 0. The Morgan fingerprint density at radius 2 is 2.14 bits per heavy atom. The third-order valence-corrected chi connectivity index (χ3v) is 3.27. The van der Waals surface area contributed by atoms with Gasteiger partial charge in [0.2, 0.25) is 5.91 Å². The maximum atomic E-state index is 12.0. The number of carbonyl (C=O) groups is 2. The highest BCUT2D eigenvalue weighted by Crippen LogP contribution is 2.07. The molecular weight excluding hydrogens is 270 g/mol. The fraction of sp³-hybridized carbons (Fsp3) is 0.467. The zero-order chi connectivity index (χ0) is 15.1. The molecule has 0 bridgehead atoms. The summed E-state index contributed by atoms with van der Waals surface area (Å²) in [6.45, 7) is 4.11. The van der Waals surface area contributed by atoms with E-state index in [0.29, 0.717) is 24.9 Å². The first-order chi connectivity index (χ1) is 10.1. The molecule has 2 amide bonds. The zero-order valence-corrected chi connectivity index (χ0v) is 12.2. The van der Waals surface area contributed by atoms with Crippen LogP contribution in [0.4, 0.5) is 0 Å². The van der Waals surface area contributed by atoms with Gasteiger partial charge in [-0.2, -0.15) is 0 Å². The minimum absolute atomic E-state index is 0.0176. The van der Waals surface area contributed by atoms with E-state index in [0.717, 1.165) is 6.54 Å². The molecule has 1 atom stereocenters. The van der Waals surface area contributed by atoms with Crippen molar-refractivity contribution in [3.8, 4) is 5.75 Å². The van der Waals surface area contributed by atoms with Crippen LogP contribution in [0, 0.1) is 0 Å². The number of hydrogen-bond donors (Lipinski definition) is 2. The molecule has 2 N–H and O–H groups in total. The van der Waals surface area contributed by atoms with Gasteiger partial charge in [-0.25, -0.2) is 0 Å². The van der Waals surface area contributed by atoms with Gasteiger partial charge in [-0.3, -0.25) is 9.59 Å². The van der Waals surface area contributed by atoms with Gasteiger partial charge in [0.05, 0.1) is 6.54 Å². The number of carbonyl (C=O) groups excluding carboxylic acids is 2. The highest BCUT2D eigenvalue weighted by atomic mass is 16.5. The standard InChI is InChI=1S/C15H21N3O3/c1-12-10-18(8-7-16-12)15(20)9-17-14(19)11-21-13-5-3-2-4-6-13/h2-6,12,16H,7-11H2,1H3,(H,17,19). The lowest BCUT2D eigenvalue weighted by molar-refractivity contribution is -0.134. The number of hydrogen-bond acceptors (Lipinski definition) is 4. The molecular formula is C15H21N3O3. The Labute approximate surface area is 124 Å². The molecule has 0 aromatic heterocycles. The van der Waals surface area contributed by atoms with Crippen LogP contribution < -0.4 is 15.4 Å². The van der Waals surface area contributed by atoms with Gasteiger partial charge >= 0.3 is 0 Å². The Bertz CT molecular complexity index is 478. The molecule has 1 unspecified atom stereocenters. The van der Waals surface area contributed by atoms with E-state index in [1.807, 2.05) is 25.1 Å². The van der Waals surface area contributed by atoms with Crippen LogP contribution >= 0.6 is 0 Å². The van der Waals surface area contributed by atoms with E-state index in [2.05, 4.69) is 10.6 Å². The Kier molecular flexibility index (Phi) is 5.57. The van der Waals surface area contributed by atoms with E-state index in [1.54, 1.807) is 17.0 Å². The van der Waals surface area contributed by atoms with E-state index in [9.17, 15) is 9.59 Å². The average molecular weight is 291 g/mol. The van der Waals surface area contributed by atoms with Gasteiger partial charge in [0.15, 0.2) is 6.61 Å². The highest BCUT2D eigenvalue weighted by molar-refractivity contribution is 5.85. The van der Waals surface area contributed by atoms with Gasteiger partial charge in [-0.15, -0.1) is 0 Å². The van der Waals surface area contributed by atoms with Gasteiger partial charge in [-0.05, 0) is 19.1 Å². The number of piperazine rings is 1. The van der Waals surface area contributed by atoms with Crippen LogP contribution in [0.2, 0.25) is 0 Å². The third-order valence-electron chi connectivity index (χ3n) is 3.27. The maximum Gasteiger partial charge on any atom is 0.258 e. The van der Waals surface area contributed by atoms with Crippen molar-refractivity contribution in [2.75, 3.05) is 32.8 Å². The summed E-state index contributed by atoms with van der Waals surface area (Å²) in [4.78, 5) is 25.4. The highest BCUT2D eigenvalue weighted by Gasteiger charge is 2.20. The predicted octanol–water partition coefficient (Wildman–Crippen LogP) is 0.00190. The van der Waals surface area contributed by atoms with Crippen molar-refractivity contribution in [1.29, 1.82) is 0 Å². The molecule has 1 fully saturated rings. The molecule has 0 radical (unpaired) electrons. The average Bonchev–Trinajstić information content (AvgIpc) is 2.51. The van der Waals surface area contributed by atoms with Crippen molar-refractivity contribution < 1.29 is 14.3 Å². The van der Waals surface area contributed by atoms with Crippen LogP contribution in [0.3, 0.4) is 0 Å². The number of rotatable bonds is 5. The Balaban J connectivity index is 1.67. The molecule has 0 saturated carbocycles. The van der Waals surface area contributed by atoms with E-state index < -0.39 is 0 Å². The molecule has 0 spiro atoms. The van der Waals surface area contributed by atoms with E-state index in [1.165, 1.54) is 0 Å². The first-order valence-corrected chi connectivity index (χ1v) is 7.11. The topological polar surface area (TPSA) is 70.7 Å². The first-order valence-electron chi connectivity index (χ1n) is 7.11. The molecule has 6 heteroatoms. The lowest BCUT2D eigenvalue weighted by Gasteiger charge is -2.31. The minimum atomic E-state index is -0.296. The number of nitrogens with one attached hydrogen (secondary N) is 2. The van der Waals surface area contributed by atoms with Crippen molar-refractivity contribution in [2.45, 2.75) is 13.0 Å². The van der Waals surface area contributed by atoms with E-state index in [-0.39, 0.29) is 25.0 Å². The lowest BCUT2D eigenvalue weighted by Crippen LogP contribution is -2.53. The molecule has 21 heavy (non-hydrogen) atoms. The largest absolute Gasteiger partial charge is 0.484 e. The van der Waals surface area contributed by atoms with Crippen LogP contribution in [-0.4, -0.2) is 55.5 Å². The van der Waals surface area contributed by atoms with Gasteiger partial charge in [0.25, 0.3) is 5.91 Å². The fourth-order valence-corrected chi connectivity index (χ4v) is 2.16. The fourth-order valence-electron chi connectivity index (χ4n) is 2.16. The monoisotopic (exact) mass is 291 g/mol. The Morgan fingerprint density at radius 1 is 1.38 bits per heavy atom. The smallest absolute Gasteiger partial charge is 0.258 e. The summed E-state index contributed by atoms with van der Waals surface area (Å²) in [5, 5.41) is 5.86. The van der Waals surface area contributed by atoms with Gasteiger partial charge in [0, 0.05) is 25.7 Å². The zero-order valence-electron chi connectivity index (χ0n) is 12.2. The first kappa shape index (κ1) is 15.3. The van der Waals surface area contributed by atoms with Crippen LogP contribution in [-0.2, 0) is 9.59 Å². The SMILES string of the molecule is CC1CN(C(=O)CNC(=O)COc2ccccc2)CCN1. The van der Waals surface area contributed by atoms with Crippen molar-refractivity contribution in [3.63, 3.8) is 0 Å². The molecule has 6 nitrogen and oxygen atoms in total. The number of nitrogens with zero attached hydrogens (tertiary/aromatic N) is 1. The molecule has 2 rings (SSSR count). The maximum absolute atomic E-state index is 12.0. The summed E-state index contributed by atoms with van der Waals surface area (Å²) < 4.78 is 5.32. The minimum Gasteiger partial charge on any atom is -0.484 e. The molecule has 1 heterocycles. The summed E-state index contributed by atoms with van der Waals surface area (Å²) in [5.41, 5.74) is 0. The van der Waals surface area contributed by atoms with Crippen molar-refractivity contribution in [2.24, 2.45) is 0 Å². The lowest BCUT2D eigenvalue weighted by atomic mass is 10.2. The van der Waals surface area contributed by atoms with Crippen molar-refractivity contribution in [3.05, 3.63) is 30.3 Å². The van der Waals surface area contributed by atoms with Crippen LogP contribution in [0.15, 0.2) is 30.3 Å². The van der Waals surface area contributed by atoms with E-state index in [4.69, 9.17) is 4.74 Å². The van der Waals surface area contributed by atoms with Gasteiger partial charge in [0.1, 0.15) is 5.75 Å². The quantitative estimate of drug-likeness (QED) is 0.801. The third kappa shape index (κ3) is 5.07. The predicted molar refractivity (Wildman–Crippen MR) is 79.0 cm³/mol. The van der Waals surface area contributed by atoms with Crippen LogP contribution in [0.25, 0.3) is 0 Å². The van der Waals surface area contributed by atoms with Crippen molar-refractivity contribution >= 4 is 11.8 Å². The second kappa shape index (κ2) is 7.64. The molecule has 0 aliphatic carbocycles. The number of para-hydroxylation sites is 1. The van der Waals surface area contributed by atoms with Crippen molar-refractivity contribution in [1.82, 2.24) is 15.5 Å². The molecule has 1 aliphatic heterocycles. The van der Waals surface area contributed by atoms with Gasteiger partial charge in [-0.1, -0.05) is 18.2 Å². The second-order valence-corrected chi connectivity index (χ2v) is 5.07. The van der Waals surface area contributed by atoms with Crippen LogP contribution in [0.1, 0.15) is 6.92 Å². The second-order valence-electron chi connectivity index (χ2n) is 5.07. The normalized spacial score (nSPS) is 18.1. The van der Waals surface area contributed by atoms with Crippen LogP contribution in [0.5, 0.6) is 5.75 Å². The number of ether oxygens (including phenoxy) is 1. The Hall–Kier alpha value is -2.08. The molecule has 114 valence electrons. The molecule has 1 aliphatic rings. The summed E-state index contributed by atoms with van der Waals surface area (Å²) in [6, 6.07) is 9.39. The van der Waals surface area contributed by atoms with Gasteiger partial charge < -0.3 is 20.3 Å². The molecule has 1 saturated heterocycles. The molecule has 1 aromatic carbocycles. The van der Waals surface area contributed by atoms with E-state index >= 15 is 0 Å². The summed E-state index contributed by atoms with van der Waals surface area (Å²) >= 11 is 0. The number of benzene rings is 1. The molecule has 1 aromatic rings. The summed E-state index contributed by atoms with van der Waals surface area (Å²) in [5.74, 6) is 0.279. The Morgan fingerprint density at radius 3 is 2.86 bits per heavy atom. The summed E-state index contributed by atoms with van der Waals surface area (Å²) in [6.07, 6.45) is 0. The number of amides is 2.